The summed E-state index contributed by atoms with van der Waals surface area (Å²) in [7, 11) is 0. The molecule has 0 aliphatic carbocycles. The Balaban J connectivity index is 1.72. The highest BCUT2D eigenvalue weighted by Gasteiger charge is 2.17. The van der Waals surface area contributed by atoms with Crippen molar-refractivity contribution in [3.8, 4) is 0 Å². The lowest BCUT2D eigenvalue weighted by atomic mass is 10.2. The number of para-hydroxylation sites is 1. The quantitative estimate of drug-likeness (QED) is 0.725. The maximum absolute atomic E-state index is 13.3. The zero-order valence-corrected chi connectivity index (χ0v) is 14.6. The summed E-state index contributed by atoms with van der Waals surface area (Å²) in [5.41, 5.74) is 1.90. The van der Waals surface area contributed by atoms with Gasteiger partial charge in [0.2, 0.25) is 5.91 Å². The van der Waals surface area contributed by atoms with Gasteiger partial charge in [-0.25, -0.2) is 4.39 Å². The van der Waals surface area contributed by atoms with Gasteiger partial charge in [0.1, 0.15) is 5.82 Å². The Morgan fingerprint density at radius 2 is 1.52 bits per heavy atom. The number of carbonyl (C=O) groups excluding carboxylic acids is 2. The molecule has 27 heavy (non-hydrogen) atoms. The van der Waals surface area contributed by atoms with Gasteiger partial charge in [0.25, 0.3) is 5.91 Å². The van der Waals surface area contributed by atoms with Crippen molar-refractivity contribution in [2.75, 3.05) is 11.4 Å². The van der Waals surface area contributed by atoms with Gasteiger partial charge >= 0.3 is 0 Å². The van der Waals surface area contributed by atoms with Crippen LogP contribution in [0.1, 0.15) is 15.9 Å². The van der Waals surface area contributed by atoms with Gasteiger partial charge in [0.15, 0.2) is 0 Å². The minimum Gasteiger partial charge on any atom is -0.343 e. The number of amides is 2. The van der Waals surface area contributed by atoms with Crippen molar-refractivity contribution < 1.29 is 14.0 Å². The lowest BCUT2D eigenvalue weighted by molar-refractivity contribution is -0.117. The highest BCUT2D eigenvalue weighted by atomic mass is 19.1. The first-order valence-electron chi connectivity index (χ1n) is 8.56. The summed E-state index contributed by atoms with van der Waals surface area (Å²) in [6.45, 7) is 0.205. The van der Waals surface area contributed by atoms with E-state index < -0.39 is 11.7 Å². The maximum Gasteiger partial charge on any atom is 0.251 e. The molecule has 0 unspecified atom stereocenters. The Labute approximate surface area is 157 Å². The smallest absolute Gasteiger partial charge is 0.251 e. The number of hydrogen-bond donors (Lipinski definition) is 1. The van der Waals surface area contributed by atoms with Crippen molar-refractivity contribution in [2.45, 2.75) is 6.54 Å². The van der Waals surface area contributed by atoms with E-state index in [4.69, 9.17) is 0 Å². The third-order valence-electron chi connectivity index (χ3n) is 4.04. The first kappa shape index (κ1) is 18.3. The summed E-state index contributed by atoms with van der Waals surface area (Å²) in [6.07, 6.45) is 0. The lowest BCUT2D eigenvalue weighted by Gasteiger charge is -2.23. The molecule has 3 aromatic carbocycles. The SMILES string of the molecule is O=C(NCC(=O)N(Cc1ccccc1)c1ccccc1)c1cccc(F)c1. The van der Waals surface area contributed by atoms with Crippen molar-refractivity contribution >= 4 is 17.5 Å². The van der Waals surface area contributed by atoms with Crippen LogP contribution in [0.15, 0.2) is 84.9 Å². The van der Waals surface area contributed by atoms with Gasteiger partial charge < -0.3 is 10.2 Å². The lowest BCUT2D eigenvalue weighted by Crippen LogP contribution is -2.40. The van der Waals surface area contributed by atoms with Crippen LogP contribution < -0.4 is 10.2 Å². The van der Waals surface area contributed by atoms with Gasteiger partial charge in [0, 0.05) is 11.3 Å². The van der Waals surface area contributed by atoms with Crippen LogP contribution in [-0.4, -0.2) is 18.4 Å². The molecule has 5 heteroatoms. The van der Waals surface area contributed by atoms with Crippen LogP contribution >= 0.6 is 0 Å². The Hall–Kier alpha value is -3.47. The number of nitrogens with zero attached hydrogens (tertiary/aromatic N) is 1. The Kier molecular flexibility index (Phi) is 5.94. The minimum absolute atomic E-state index is 0.178. The zero-order chi connectivity index (χ0) is 19.1. The molecule has 3 aromatic rings. The van der Waals surface area contributed by atoms with E-state index in [0.717, 1.165) is 17.3 Å². The molecule has 0 heterocycles. The van der Waals surface area contributed by atoms with Crippen LogP contribution in [0.5, 0.6) is 0 Å². The fourth-order valence-electron chi connectivity index (χ4n) is 2.68. The average molecular weight is 362 g/mol. The summed E-state index contributed by atoms with van der Waals surface area (Å²) in [5.74, 6) is -1.24. The van der Waals surface area contributed by atoms with Crippen molar-refractivity contribution in [1.82, 2.24) is 5.32 Å². The first-order valence-corrected chi connectivity index (χ1v) is 8.56. The molecule has 0 radical (unpaired) electrons. The van der Waals surface area contributed by atoms with Gasteiger partial charge in [-0.3, -0.25) is 9.59 Å². The topological polar surface area (TPSA) is 49.4 Å². The van der Waals surface area contributed by atoms with Crippen LogP contribution in [0.2, 0.25) is 0 Å². The van der Waals surface area contributed by atoms with E-state index in [1.54, 1.807) is 4.90 Å². The van der Waals surface area contributed by atoms with Crippen molar-refractivity contribution in [3.63, 3.8) is 0 Å². The molecule has 0 aliphatic rings. The zero-order valence-electron chi connectivity index (χ0n) is 14.6. The molecule has 4 nitrogen and oxygen atoms in total. The number of nitrogens with one attached hydrogen (secondary N) is 1. The summed E-state index contributed by atoms with van der Waals surface area (Å²) >= 11 is 0. The molecule has 3 rings (SSSR count). The van der Waals surface area contributed by atoms with Crippen LogP contribution in [-0.2, 0) is 11.3 Å². The van der Waals surface area contributed by atoms with E-state index in [1.165, 1.54) is 18.2 Å². The molecular formula is C22H19FN2O2. The fourth-order valence-corrected chi connectivity index (χ4v) is 2.68. The van der Waals surface area contributed by atoms with E-state index >= 15 is 0 Å². The number of rotatable bonds is 6. The maximum atomic E-state index is 13.3. The van der Waals surface area contributed by atoms with E-state index in [9.17, 15) is 14.0 Å². The number of hydrogen-bond acceptors (Lipinski definition) is 2. The standard InChI is InChI=1S/C22H19FN2O2/c23-19-11-7-10-18(14-19)22(27)24-15-21(26)25(20-12-5-2-6-13-20)16-17-8-3-1-4-9-17/h1-14H,15-16H2,(H,24,27). The van der Waals surface area contributed by atoms with E-state index in [1.807, 2.05) is 60.7 Å². The largest absolute Gasteiger partial charge is 0.343 e. The Morgan fingerprint density at radius 1 is 0.852 bits per heavy atom. The molecule has 0 bridgehead atoms. The molecule has 2 amide bonds. The first-order chi connectivity index (χ1) is 13.1. The normalized spacial score (nSPS) is 10.3. The molecule has 0 aliphatic heterocycles. The summed E-state index contributed by atoms with van der Waals surface area (Å²) in [4.78, 5) is 26.6. The molecule has 0 aromatic heterocycles. The number of carbonyl (C=O) groups is 2. The molecule has 0 atom stereocenters. The van der Waals surface area contributed by atoms with Gasteiger partial charge in [-0.1, -0.05) is 54.6 Å². The molecule has 0 fully saturated rings. The van der Waals surface area contributed by atoms with Gasteiger partial charge in [-0.2, -0.15) is 0 Å². The predicted octanol–water partition coefficient (Wildman–Crippen LogP) is 3.79. The second-order valence-electron chi connectivity index (χ2n) is 5.99. The molecule has 0 saturated heterocycles. The third-order valence-corrected chi connectivity index (χ3v) is 4.04. The average Bonchev–Trinajstić information content (AvgIpc) is 2.71. The number of anilines is 1. The summed E-state index contributed by atoms with van der Waals surface area (Å²) in [5, 5.41) is 2.57. The van der Waals surface area contributed by atoms with Gasteiger partial charge in [-0.05, 0) is 35.9 Å². The van der Waals surface area contributed by atoms with Crippen molar-refractivity contribution in [3.05, 3.63) is 102 Å². The fraction of sp³-hybridized carbons (Fsp3) is 0.0909. The number of benzene rings is 3. The highest BCUT2D eigenvalue weighted by Crippen LogP contribution is 2.17. The van der Waals surface area contributed by atoms with Crippen LogP contribution in [0.3, 0.4) is 0 Å². The van der Waals surface area contributed by atoms with Gasteiger partial charge in [-0.15, -0.1) is 0 Å². The molecule has 0 spiro atoms. The highest BCUT2D eigenvalue weighted by molar-refractivity contribution is 6.00. The molecule has 136 valence electrons. The molecule has 1 N–H and O–H groups in total. The predicted molar refractivity (Wildman–Crippen MR) is 103 cm³/mol. The second-order valence-corrected chi connectivity index (χ2v) is 5.99. The van der Waals surface area contributed by atoms with Crippen LogP contribution in [0.4, 0.5) is 10.1 Å². The van der Waals surface area contributed by atoms with Crippen LogP contribution in [0.25, 0.3) is 0 Å². The second kappa shape index (κ2) is 8.76. The molecular weight excluding hydrogens is 343 g/mol. The Bertz CT molecular complexity index is 914. The summed E-state index contributed by atoms with van der Waals surface area (Å²) < 4.78 is 13.3. The van der Waals surface area contributed by atoms with E-state index in [0.29, 0.717) is 6.54 Å². The summed E-state index contributed by atoms with van der Waals surface area (Å²) in [6, 6.07) is 24.2. The molecule has 0 saturated carbocycles. The van der Waals surface area contributed by atoms with E-state index in [-0.39, 0.29) is 18.0 Å². The monoisotopic (exact) mass is 362 g/mol. The minimum atomic E-state index is -0.496. The van der Waals surface area contributed by atoms with Crippen molar-refractivity contribution in [2.24, 2.45) is 0 Å². The Morgan fingerprint density at radius 3 is 2.19 bits per heavy atom. The number of halogens is 1. The van der Waals surface area contributed by atoms with E-state index in [2.05, 4.69) is 5.32 Å². The van der Waals surface area contributed by atoms with Gasteiger partial charge in [0.05, 0.1) is 13.1 Å². The third kappa shape index (κ3) is 5.01. The van der Waals surface area contributed by atoms with Crippen LogP contribution in [0, 0.1) is 5.82 Å². The van der Waals surface area contributed by atoms with Crippen molar-refractivity contribution in [1.29, 1.82) is 0 Å².